The number of carbonyl (C=O) groups is 1. The van der Waals surface area contributed by atoms with E-state index in [2.05, 4.69) is 13.2 Å². The highest BCUT2D eigenvalue weighted by atomic mass is 16.7. The van der Waals surface area contributed by atoms with Crippen LogP contribution in [0.3, 0.4) is 0 Å². The van der Waals surface area contributed by atoms with Gasteiger partial charge in [-0.1, -0.05) is 30.4 Å². The van der Waals surface area contributed by atoms with E-state index >= 15 is 0 Å². The van der Waals surface area contributed by atoms with Gasteiger partial charge in [-0.05, 0) is 13.0 Å². The molecule has 1 aliphatic heterocycles. The minimum Gasteiger partial charge on any atom is -0.334 e. The van der Waals surface area contributed by atoms with Crippen LogP contribution in [-0.2, 0) is 20.1 Å². The number of hydrogen-bond acceptors (Lipinski definition) is 3. The number of nitrogens with zero attached hydrogens (tertiary/aromatic N) is 1. The van der Waals surface area contributed by atoms with Gasteiger partial charge in [-0.3, -0.25) is 4.79 Å². The van der Waals surface area contributed by atoms with Gasteiger partial charge >= 0.3 is 0 Å². The Hall–Kier alpha value is -1.91. The van der Waals surface area contributed by atoms with Crippen molar-refractivity contribution < 1.29 is 14.3 Å². The van der Waals surface area contributed by atoms with Gasteiger partial charge in [0.05, 0.1) is 18.9 Å². The van der Waals surface area contributed by atoms with Crippen molar-refractivity contribution in [3.8, 4) is 0 Å². The largest absolute Gasteiger partial charge is 0.334 e. The van der Waals surface area contributed by atoms with Crippen LogP contribution in [0, 0.1) is 0 Å². The van der Waals surface area contributed by atoms with Crippen LogP contribution in [0.2, 0.25) is 0 Å². The molecule has 0 aliphatic carbocycles. The summed E-state index contributed by atoms with van der Waals surface area (Å²) in [7, 11) is 0. The van der Waals surface area contributed by atoms with E-state index in [0.29, 0.717) is 6.54 Å². The van der Waals surface area contributed by atoms with Gasteiger partial charge in [0.2, 0.25) is 0 Å². The van der Waals surface area contributed by atoms with E-state index in [1.807, 2.05) is 31.2 Å². The summed E-state index contributed by atoms with van der Waals surface area (Å²) in [6, 6.07) is 7.52. The number of ether oxygens (including phenoxy) is 2. The van der Waals surface area contributed by atoms with Gasteiger partial charge in [0.25, 0.3) is 11.7 Å². The Morgan fingerprint density at radius 1 is 1.20 bits per heavy atom. The fourth-order valence-electron chi connectivity index (χ4n) is 2.38. The Kier molecular flexibility index (Phi) is 4.37. The van der Waals surface area contributed by atoms with E-state index in [4.69, 9.17) is 9.47 Å². The van der Waals surface area contributed by atoms with Crippen molar-refractivity contribution in [1.29, 1.82) is 0 Å². The topological polar surface area (TPSA) is 38.8 Å². The first kappa shape index (κ1) is 14.5. The standard InChI is InChI=1S/C16H19NO3/c1-4-11-19-16(20-12-5-2)13-9-7-8-10-14(13)17(6-3)15(16)18/h4-5,7-10H,1-2,6,11-12H2,3H3. The molecule has 0 bridgehead atoms. The van der Waals surface area contributed by atoms with Crippen molar-refractivity contribution in [2.75, 3.05) is 24.7 Å². The predicted octanol–water partition coefficient (Wildman–Crippen LogP) is 2.61. The lowest BCUT2D eigenvalue weighted by Crippen LogP contribution is -2.44. The Bertz CT molecular complexity index is 512. The first-order chi connectivity index (χ1) is 9.71. The monoisotopic (exact) mass is 273 g/mol. The molecule has 0 unspecified atom stereocenters. The number of hydrogen-bond donors (Lipinski definition) is 0. The summed E-state index contributed by atoms with van der Waals surface area (Å²) in [6.07, 6.45) is 3.20. The smallest absolute Gasteiger partial charge is 0.292 e. The molecule has 0 atom stereocenters. The number of fused-ring (bicyclic) bond motifs is 1. The maximum Gasteiger partial charge on any atom is 0.292 e. The second-order valence-electron chi connectivity index (χ2n) is 4.38. The van der Waals surface area contributed by atoms with Crippen LogP contribution in [-0.4, -0.2) is 25.7 Å². The van der Waals surface area contributed by atoms with Crippen LogP contribution in [0.15, 0.2) is 49.6 Å². The second-order valence-corrected chi connectivity index (χ2v) is 4.38. The van der Waals surface area contributed by atoms with Crippen molar-refractivity contribution >= 4 is 11.6 Å². The first-order valence-corrected chi connectivity index (χ1v) is 6.62. The molecule has 0 saturated carbocycles. The van der Waals surface area contributed by atoms with Gasteiger partial charge in [0.15, 0.2) is 0 Å². The second kappa shape index (κ2) is 6.03. The van der Waals surface area contributed by atoms with E-state index < -0.39 is 5.79 Å². The summed E-state index contributed by atoms with van der Waals surface area (Å²) in [5, 5.41) is 0. The van der Waals surface area contributed by atoms with Crippen molar-refractivity contribution in [1.82, 2.24) is 0 Å². The van der Waals surface area contributed by atoms with Crippen molar-refractivity contribution in [3.63, 3.8) is 0 Å². The third kappa shape index (κ3) is 2.17. The Morgan fingerprint density at radius 2 is 1.80 bits per heavy atom. The fourth-order valence-corrected chi connectivity index (χ4v) is 2.38. The highest BCUT2D eigenvalue weighted by Crippen LogP contribution is 2.43. The first-order valence-electron chi connectivity index (χ1n) is 6.62. The lowest BCUT2D eigenvalue weighted by atomic mass is 10.1. The molecule has 2 rings (SSSR count). The zero-order valence-corrected chi connectivity index (χ0v) is 11.7. The lowest BCUT2D eigenvalue weighted by molar-refractivity contribution is -0.223. The van der Waals surface area contributed by atoms with Crippen LogP contribution in [0.5, 0.6) is 0 Å². The third-order valence-electron chi connectivity index (χ3n) is 3.20. The van der Waals surface area contributed by atoms with Crippen LogP contribution in [0.25, 0.3) is 0 Å². The fraction of sp³-hybridized carbons (Fsp3) is 0.312. The van der Waals surface area contributed by atoms with Gasteiger partial charge in [0, 0.05) is 12.1 Å². The molecule has 0 fully saturated rings. The van der Waals surface area contributed by atoms with E-state index in [1.54, 1.807) is 17.1 Å². The Morgan fingerprint density at radius 3 is 2.35 bits per heavy atom. The number of benzene rings is 1. The van der Waals surface area contributed by atoms with Crippen LogP contribution < -0.4 is 4.90 Å². The van der Waals surface area contributed by atoms with Gasteiger partial charge in [-0.2, -0.15) is 0 Å². The summed E-state index contributed by atoms with van der Waals surface area (Å²) in [4.78, 5) is 14.4. The lowest BCUT2D eigenvalue weighted by Gasteiger charge is -2.28. The summed E-state index contributed by atoms with van der Waals surface area (Å²) >= 11 is 0. The molecule has 0 radical (unpaired) electrons. The summed E-state index contributed by atoms with van der Waals surface area (Å²) < 4.78 is 11.5. The van der Waals surface area contributed by atoms with Crippen molar-refractivity contribution in [2.45, 2.75) is 12.7 Å². The average molecular weight is 273 g/mol. The van der Waals surface area contributed by atoms with Crippen LogP contribution >= 0.6 is 0 Å². The van der Waals surface area contributed by atoms with Gasteiger partial charge in [-0.15, -0.1) is 13.2 Å². The molecule has 0 aromatic heterocycles. The molecular formula is C16H19NO3. The molecule has 1 aromatic carbocycles. The van der Waals surface area contributed by atoms with Gasteiger partial charge < -0.3 is 14.4 Å². The Labute approximate surface area is 119 Å². The highest BCUT2D eigenvalue weighted by Gasteiger charge is 2.53. The molecule has 1 heterocycles. The quantitative estimate of drug-likeness (QED) is 0.566. The molecule has 106 valence electrons. The van der Waals surface area contributed by atoms with Gasteiger partial charge in [0.1, 0.15) is 0 Å². The van der Waals surface area contributed by atoms with Crippen molar-refractivity contribution in [2.24, 2.45) is 0 Å². The molecule has 4 nitrogen and oxygen atoms in total. The maximum absolute atomic E-state index is 12.7. The molecule has 4 heteroatoms. The number of rotatable bonds is 7. The maximum atomic E-state index is 12.7. The van der Waals surface area contributed by atoms with E-state index in [0.717, 1.165) is 11.3 Å². The average Bonchev–Trinajstić information content (AvgIpc) is 2.72. The number of amides is 1. The van der Waals surface area contributed by atoms with E-state index in [9.17, 15) is 4.79 Å². The minimum atomic E-state index is -1.39. The highest BCUT2D eigenvalue weighted by molar-refractivity contribution is 6.06. The molecule has 0 N–H and O–H groups in total. The van der Waals surface area contributed by atoms with Crippen LogP contribution in [0.4, 0.5) is 5.69 Å². The molecule has 0 saturated heterocycles. The Balaban J connectivity index is 2.50. The predicted molar refractivity (Wildman–Crippen MR) is 78.4 cm³/mol. The molecule has 1 aromatic rings. The molecule has 20 heavy (non-hydrogen) atoms. The zero-order valence-electron chi connectivity index (χ0n) is 11.7. The molecule has 1 amide bonds. The van der Waals surface area contributed by atoms with Gasteiger partial charge in [-0.25, -0.2) is 0 Å². The number of carbonyl (C=O) groups excluding carboxylic acids is 1. The summed E-state index contributed by atoms with van der Waals surface area (Å²) in [5.74, 6) is -1.60. The van der Waals surface area contributed by atoms with E-state index in [-0.39, 0.29) is 19.1 Å². The normalized spacial score (nSPS) is 16.1. The van der Waals surface area contributed by atoms with Crippen LogP contribution in [0.1, 0.15) is 12.5 Å². The SMILES string of the molecule is C=CCOC1(OCC=C)C(=O)N(CC)c2ccccc21. The summed E-state index contributed by atoms with van der Waals surface area (Å²) in [5.41, 5.74) is 1.56. The third-order valence-corrected chi connectivity index (χ3v) is 3.20. The number of anilines is 1. The molecular weight excluding hydrogens is 254 g/mol. The van der Waals surface area contributed by atoms with Crippen molar-refractivity contribution in [3.05, 3.63) is 55.1 Å². The molecule has 0 spiro atoms. The summed E-state index contributed by atoms with van der Waals surface area (Å²) in [6.45, 7) is 10.2. The molecule has 1 aliphatic rings. The van der Waals surface area contributed by atoms with E-state index in [1.165, 1.54) is 0 Å². The zero-order chi connectivity index (χ0) is 14.6. The number of likely N-dealkylation sites (N-methyl/N-ethyl adjacent to an activating group) is 1. The number of para-hydroxylation sites is 1. The minimum absolute atomic E-state index is 0.204.